The number of hydrogen-bond donors (Lipinski definition) is 1. The first-order valence-corrected chi connectivity index (χ1v) is 9.90. The Morgan fingerprint density at radius 2 is 2.00 bits per heavy atom. The van der Waals surface area contributed by atoms with Crippen LogP contribution in [0.1, 0.15) is 18.9 Å². The van der Waals surface area contributed by atoms with Crippen LogP contribution in [0.2, 0.25) is 5.02 Å². The Morgan fingerprint density at radius 1 is 1.22 bits per heavy atom. The van der Waals surface area contributed by atoms with Crippen molar-refractivity contribution in [3.63, 3.8) is 0 Å². The number of carbonyl (C=O) groups excluding carboxylic acids is 2. The predicted molar refractivity (Wildman–Crippen MR) is 112 cm³/mol. The third-order valence-electron chi connectivity index (χ3n) is 4.50. The zero-order valence-corrected chi connectivity index (χ0v) is 17.3. The number of carbonyl (C=O) groups is 2. The number of halogens is 2. The molecule has 0 bridgehead atoms. The van der Waals surface area contributed by atoms with Crippen molar-refractivity contribution in [1.82, 2.24) is 10.2 Å². The number of amides is 2. The van der Waals surface area contributed by atoms with Crippen molar-refractivity contribution >= 4 is 45.4 Å². The van der Waals surface area contributed by atoms with E-state index in [9.17, 15) is 9.59 Å². The van der Waals surface area contributed by atoms with E-state index in [0.717, 1.165) is 27.6 Å². The lowest BCUT2D eigenvalue weighted by Gasteiger charge is -2.15. The molecule has 0 saturated carbocycles. The predicted octanol–water partition coefficient (Wildman–Crippen LogP) is 4.52. The van der Waals surface area contributed by atoms with E-state index < -0.39 is 0 Å². The van der Waals surface area contributed by atoms with Crippen molar-refractivity contribution in [3.8, 4) is 11.1 Å². The minimum atomic E-state index is -0.0686. The Morgan fingerprint density at radius 3 is 2.74 bits per heavy atom. The lowest BCUT2D eigenvalue weighted by molar-refractivity contribution is -0.125. The minimum Gasteiger partial charge on any atom is -0.352 e. The van der Waals surface area contributed by atoms with Gasteiger partial charge in [-0.2, -0.15) is 0 Å². The SMILES string of the molecule is CC(=O)NC1CCN(C(=O)/C=C/c2cccc(Cl)c2-c2ccccc2Br)C1. The zero-order valence-electron chi connectivity index (χ0n) is 14.9. The van der Waals surface area contributed by atoms with Gasteiger partial charge >= 0.3 is 0 Å². The number of nitrogens with one attached hydrogen (secondary N) is 1. The van der Waals surface area contributed by atoms with Crippen LogP contribution < -0.4 is 5.32 Å². The van der Waals surface area contributed by atoms with Gasteiger partial charge in [-0.3, -0.25) is 9.59 Å². The fourth-order valence-corrected chi connectivity index (χ4v) is 4.03. The van der Waals surface area contributed by atoms with E-state index in [-0.39, 0.29) is 17.9 Å². The van der Waals surface area contributed by atoms with Crippen molar-refractivity contribution in [2.24, 2.45) is 0 Å². The molecule has 2 aromatic rings. The van der Waals surface area contributed by atoms with Crippen LogP contribution in [0.15, 0.2) is 53.0 Å². The maximum absolute atomic E-state index is 12.5. The first kappa shape index (κ1) is 19.6. The molecule has 0 aromatic heterocycles. The Labute approximate surface area is 172 Å². The van der Waals surface area contributed by atoms with E-state index >= 15 is 0 Å². The molecule has 27 heavy (non-hydrogen) atoms. The van der Waals surface area contributed by atoms with Crippen LogP contribution in [0, 0.1) is 0 Å². The standard InChI is InChI=1S/C21H20BrClN2O2/c1-14(26)24-16-11-12-25(13-16)20(27)10-9-15-5-4-8-19(23)21(15)17-6-2-3-7-18(17)22/h2-10,16H,11-13H2,1H3,(H,24,26)/b10-9+. The van der Waals surface area contributed by atoms with Gasteiger partial charge < -0.3 is 10.2 Å². The summed E-state index contributed by atoms with van der Waals surface area (Å²) in [5, 5.41) is 3.49. The summed E-state index contributed by atoms with van der Waals surface area (Å²) in [5.74, 6) is -0.136. The molecule has 4 nitrogen and oxygen atoms in total. The molecule has 1 aliphatic rings. The van der Waals surface area contributed by atoms with Crippen LogP contribution in [0.25, 0.3) is 17.2 Å². The molecule has 140 valence electrons. The Kier molecular flexibility index (Phi) is 6.34. The third-order valence-corrected chi connectivity index (χ3v) is 5.51. The largest absolute Gasteiger partial charge is 0.352 e. The highest BCUT2D eigenvalue weighted by Crippen LogP contribution is 2.36. The van der Waals surface area contributed by atoms with Gasteiger partial charge in [-0.25, -0.2) is 0 Å². The van der Waals surface area contributed by atoms with Crippen LogP contribution >= 0.6 is 27.5 Å². The normalized spacial score (nSPS) is 16.7. The topological polar surface area (TPSA) is 49.4 Å². The number of nitrogens with zero attached hydrogens (tertiary/aromatic N) is 1. The lowest BCUT2D eigenvalue weighted by atomic mass is 9.99. The van der Waals surface area contributed by atoms with Gasteiger partial charge in [0, 0.05) is 47.2 Å². The molecule has 6 heteroatoms. The van der Waals surface area contributed by atoms with Gasteiger partial charge in [0.15, 0.2) is 0 Å². The summed E-state index contributed by atoms with van der Waals surface area (Å²) < 4.78 is 0.941. The maximum Gasteiger partial charge on any atom is 0.246 e. The average Bonchev–Trinajstić information content (AvgIpc) is 3.08. The van der Waals surface area contributed by atoms with Crippen LogP contribution in [0.3, 0.4) is 0 Å². The van der Waals surface area contributed by atoms with Gasteiger partial charge in [0.2, 0.25) is 11.8 Å². The molecule has 1 atom stereocenters. The van der Waals surface area contributed by atoms with E-state index in [2.05, 4.69) is 21.2 Å². The average molecular weight is 448 g/mol. The highest BCUT2D eigenvalue weighted by molar-refractivity contribution is 9.10. The summed E-state index contributed by atoms with van der Waals surface area (Å²) in [5.41, 5.74) is 2.73. The van der Waals surface area contributed by atoms with Crippen LogP contribution in [0.5, 0.6) is 0 Å². The number of hydrogen-bond acceptors (Lipinski definition) is 2. The molecule has 2 amide bonds. The van der Waals surface area contributed by atoms with Gasteiger partial charge in [0.1, 0.15) is 0 Å². The monoisotopic (exact) mass is 446 g/mol. The Balaban J connectivity index is 1.80. The molecule has 1 saturated heterocycles. The summed E-state index contributed by atoms with van der Waals surface area (Å²) in [6, 6.07) is 13.5. The second-order valence-electron chi connectivity index (χ2n) is 6.49. The van der Waals surface area contributed by atoms with E-state index in [1.807, 2.05) is 42.5 Å². The van der Waals surface area contributed by atoms with Gasteiger partial charge in [-0.05, 0) is 35.8 Å². The van der Waals surface area contributed by atoms with Gasteiger partial charge in [-0.1, -0.05) is 57.9 Å². The summed E-state index contributed by atoms with van der Waals surface area (Å²) in [6.07, 6.45) is 4.15. The third kappa shape index (κ3) is 4.79. The molecule has 1 unspecified atom stereocenters. The van der Waals surface area contributed by atoms with Crippen LogP contribution in [0.4, 0.5) is 0 Å². The number of rotatable bonds is 4. The molecule has 1 N–H and O–H groups in total. The first-order chi connectivity index (χ1) is 13.0. The zero-order chi connectivity index (χ0) is 19.4. The number of benzene rings is 2. The second-order valence-corrected chi connectivity index (χ2v) is 7.75. The molecule has 1 aliphatic heterocycles. The van der Waals surface area contributed by atoms with Crippen LogP contribution in [-0.4, -0.2) is 35.8 Å². The first-order valence-electron chi connectivity index (χ1n) is 8.73. The van der Waals surface area contributed by atoms with Crippen molar-refractivity contribution in [2.45, 2.75) is 19.4 Å². The van der Waals surface area contributed by atoms with Gasteiger partial charge in [0.05, 0.1) is 0 Å². The van der Waals surface area contributed by atoms with Gasteiger partial charge in [0.25, 0.3) is 0 Å². The molecular weight excluding hydrogens is 428 g/mol. The van der Waals surface area contributed by atoms with E-state index in [1.165, 1.54) is 6.92 Å². The molecule has 0 spiro atoms. The summed E-state index contributed by atoms with van der Waals surface area (Å²) in [4.78, 5) is 25.5. The van der Waals surface area contributed by atoms with E-state index in [1.54, 1.807) is 17.1 Å². The highest BCUT2D eigenvalue weighted by atomic mass is 79.9. The van der Waals surface area contributed by atoms with Crippen LogP contribution in [-0.2, 0) is 9.59 Å². The van der Waals surface area contributed by atoms with Crippen molar-refractivity contribution in [2.75, 3.05) is 13.1 Å². The second kappa shape index (κ2) is 8.72. The summed E-state index contributed by atoms with van der Waals surface area (Å²) in [6.45, 7) is 2.67. The van der Waals surface area contributed by atoms with E-state index in [0.29, 0.717) is 18.1 Å². The summed E-state index contributed by atoms with van der Waals surface area (Å²) in [7, 11) is 0. The molecule has 0 radical (unpaired) electrons. The Bertz CT molecular complexity index is 898. The van der Waals surface area contributed by atoms with E-state index in [4.69, 9.17) is 11.6 Å². The molecule has 0 aliphatic carbocycles. The molecule has 1 fully saturated rings. The highest BCUT2D eigenvalue weighted by Gasteiger charge is 2.25. The lowest BCUT2D eigenvalue weighted by Crippen LogP contribution is -2.36. The molecular formula is C21H20BrClN2O2. The summed E-state index contributed by atoms with van der Waals surface area (Å²) >= 11 is 10.0. The Hall–Kier alpha value is -2.11. The molecule has 2 aromatic carbocycles. The van der Waals surface area contributed by atoms with Crippen molar-refractivity contribution < 1.29 is 9.59 Å². The number of likely N-dealkylation sites (tertiary alicyclic amines) is 1. The van der Waals surface area contributed by atoms with Crippen molar-refractivity contribution in [1.29, 1.82) is 0 Å². The maximum atomic E-state index is 12.5. The molecule has 1 heterocycles. The van der Waals surface area contributed by atoms with Gasteiger partial charge in [-0.15, -0.1) is 0 Å². The fraction of sp³-hybridized carbons (Fsp3) is 0.238. The quantitative estimate of drug-likeness (QED) is 0.701. The smallest absolute Gasteiger partial charge is 0.246 e. The molecule has 3 rings (SSSR count). The van der Waals surface area contributed by atoms with Crippen molar-refractivity contribution in [3.05, 3.63) is 63.6 Å². The minimum absolute atomic E-state index is 0.0295. The fourth-order valence-electron chi connectivity index (χ4n) is 3.26.